The zero-order chi connectivity index (χ0) is 15.0. The number of nitriles is 1. The molecule has 6 heteroatoms. The fraction of sp³-hybridized carbons (Fsp3) is 0.267. The van der Waals surface area contributed by atoms with Gasteiger partial charge in [0.2, 0.25) is 0 Å². The zero-order valence-electron chi connectivity index (χ0n) is 11.7. The topological polar surface area (TPSA) is 67.6 Å². The summed E-state index contributed by atoms with van der Waals surface area (Å²) in [4.78, 5) is 4.50. The summed E-state index contributed by atoms with van der Waals surface area (Å²) in [5.74, 6) is 1.80. The molecule has 0 saturated carbocycles. The lowest BCUT2D eigenvalue weighted by Gasteiger charge is -2.07. The number of imidazole rings is 1. The predicted molar refractivity (Wildman–Crippen MR) is 79.1 cm³/mol. The van der Waals surface area contributed by atoms with Gasteiger partial charge < -0.3 is 9.09 Å². The van der Waals surface area contributed by atoms with E-state index in [-0.39, 0.29) is 5.88 Å². The van der Waals surface area contributed by atoms with Crippen LogP contribution in [0.4, 0.5) is 0 Å². The van der Waals surface area contributed by atoms with Crippen LogP contribution in [0, 0.1) is 25.2 Å². The second-order valence-corrected chi connectivity index (χ2v) is 5.10. The zero-order valence-corrected chi connectivity index (χ0v) is 12.5. The fourth-order valence-electron chi connectivity index (χ4n) is 2.45. The number of benzene rings is 1. The Bertz CT molecular complexity index is 837. The molecule has 0 radical (unpaired) electrons. The molecule has 0 unspecified atom stereocenters. The predicted octanol–water partition coefficient (Wildman–Crippen LogP) is 3.30. The number of aromatic nitrogens is 3. The van der Waals surface area contributed by atoms with Crippen molar-refractivity contribution in [1.29, 1.82) is 5.26 Å². The summed E-state index contributed by atoms with van der Waals surface area (Å²) in [7, 11) is 0. The van der Waals surface area contributed by atoms with E-state index in [9.17, 15) is 5.26 Å². The minimum atomic E-state index is 0.281. The highest BCUT2D eigenvalue weighted by Crippen LogP contribution is 2.24. The lowest BCUT2D eigenvalue weighted by molar-refractivity contribution is 0.392. The van der Waals surface area contributed by atoms with Gasteiger partial charge in [-0.15, -0.1) is 11.6 Å². The number of hydrogen-bond acceptors (Lipinski definition) is 4. The first kappa shape index (κ1) is 13.7. The van der Waals surface area contributed by atoms with E-state index >= 15 is 0 Å². The van der Waals surface area contributed by atoms with Crippen LogP contribution in [0.1, 0.15) is 28.4 Å². The number of hydrogen-bond donors (Lipinski definition) is 0. The van der Waals surface area contributed by atoms with Crippen LogP contribution in [0.3, 0.4) is 0 Å². The van der Waals surface area contributed by atoms with Crippen LogP contribution in [0.15, 0.2) is 22.7 Å². The Morgan fingerprint density at radius 1 is 1.38 bits per heavy atom. The maximum atomic E-state index is 9.20. The van der Waals surface area contributed by atoms with Gasteiger partial charge in [-0.05, 0) is 26.0 Å². The quantitative estimate of drug-likeness (QED) is 0.696. The molecule has 0 aliphatic rings. The van der Waals surface area contributed by atoms with E-state index in [1.807, 2.05) is 30.5 Å². The molecule has 5 nitrogen and oxygen atoms in total. The van der Waals surface area contributed by atoms with Crippen molar-refractivity contribution in [1.82, 2.24) is 14.7 Å². The van der Waals surface area contributed by atoms with Crippen LogP contribution in [0.5, 0.6) is 0 Å². The molecule has 0 aliphatic carbocycles. The molecular formula is C15H13ClN4O. The molecule has 2 heterocycles. The Morgan fingerprint density at radius 2 is 2.19 bits per heavy atom. The van der Waals surface area contributed by atoms with Crippen molar-refractivity contribution < 1.29 is 4.52 Å². The Kier molecular flexibility index (Phi) is 3.40. The standard InChI is InChI=1S/C15H13ClN4O/c1-9-12(10(2)21-19-9)8-20-13-5-3-4-11(7-17)15(13)18-14(20)6-16/h3-5H,6,8H2,1-2H3. The molecule has 0 bridgehead atoms. The first-order valence-corrected chi connectivity index (χ1v) is 7.05. The monoisotopic (exact) mass is 300 g/mol. The third kappa shape index (κ3) is 2.18. The normalized spacial score (nSPS) is 11.0. The molecule has 0 atom stereocenters. The van der Waals surface area contributed by atoms with Crippen LogP contribution >= 0.6 is 11.6 Å². The summed E-state index contributed by atoms with van der Waals surface area (Å²) in [6.45, 7) is 4.37. The molecule has 1 aromatic carbocycles. The molecular weight excluding hydrogens is 288 g/mol. The van der Waals surface area contributed by atoms with Crippen molar-refractivity contribution in [3.05, 3.63) is 46.6 Å². The van der Waals surface area contributed by atoms with Gasteiger partial charge in [0.1, 0.15) is 23.2 Å². The number of halogens is 1. The highest BCUT2D eigenvalue weighted by atomic mass is 35.5. The van der Waals surface area contributed by atoms with Crippen LogP contribution < -0.4 is 0 Å². The van der Waals surface area contributed by atoms with Crippen molar-refractivity contribution in [2.75, 3.05) is 0 Å². The largest absolute Gasteiger partial charge is 0.361 e. The van der Waals surface area contributed by atoms with Crippen molar-refractivity contribution in [3.8, 4) is 6.07 Å². The van der Waals surface area contributed by atoms with Gasteiger partial charge in [0, 0.05) is 5.56 Å². The van der Waals surface area contributed by atoms with Crippen LogP contribution in [0.2, 0.25) is 0 Å². The summed E-state index contributed by atoms with van der Waals surface area (Å²) in [5.41, 5.74) is 4.00. The average Bonchev–Trinajstić information content (AvgIpc) is 3.02. The molecule has 2 aromatic heterocycles. The van der Waals surface area contributed by atoms with E-state index in [0.717, 1.165) is 28.4 Å². The summed E-state index contributed by atoms with van der Waals surface area (Å²) >= 11 is 6.01. The lowest BCUT2D eigenvalue weighted by Crippen LogP contribution is -2.05. The van der Waals surface area contributed by atoms with E-state index in [4.69, 9.17) is 16.1 Å². The first-order valence-electron chi connectivity index (χ1n) is 6.51. The summed E-state index contributed by atoms with van der Waals surface area (Å²) in [6, 6.07) is 7.72. The van der Waals surface area contributed by atoms with Crippen molar-refractivity contribution in [3.63, 3.8) is 0 Å². The first-order chi connectivity index (χ1) is 10.2. The number of rotatable bonds is 3. The Balaban J connectivity index is 2.20. The SMILES string of the molecule is Cc1noc(C)c1Cn1c(CCl)nc2c(C#N)cccc21. The minimum absolute atomic E-state index is 0.281. The van der Waals surface area contributed by atoms with Gasteiger partial charge in [0.15, 0.2) is 0 Å². The molecule has 0 saturated heterocycles. The smallest absolute Gasteiger partial charge is 0.138 e. The van der Waals surface area contributed by atoms with E-state index in [2.05, 4.69) is 16.2 Å². The summed E-state index contributed by atoms with van der Waals surface area (Å²) in [5, 5.41) is 13.2. The van der Waals surface area contributed by atoms with E-state index < -0.39 is 0 Å². The third-order valence-electron chi connectivity index (χ3n) is 3.60. The van der Waals surface area contributed by atoms with E-state index in [0.29, 0.717) is 17.6 Å². The van der Waals surface area contributed by atoms with Gasteiger partial charge in [-0.3, -0.25) is 0 Å². The number of nitrogens with zero attached hydrogens (tertiary/aromatic N) is 4. The third-order valence-corrected chi connectivity index (χ3v) is 3.83. The van der Waals surface area contributed by atoms with Crippen LogP contribution in [-0.4, -0.2) is 14.7 Å². The lowest BCUT2D eigenvalue weighted by atomic mass is 10.2. The maximum Gasteiger partial charge on any atom is 0.138 e. The van der Waals surface area contributed by atoms with Gasteiger partial charge >= 0.3 is 0 Å². The number of alkyl halides is 1. The van der Waals surface area contributed by atoms with Gasteiger partial charge in [0.25, 0.3) is 0 Å². The van der Waals surface area contributed by atoms with E-state index in [1.54, 1.807) is 6.07 Å². The van der Waals surface area contributed by atoms with Crippen LogP contribution in [-0.2, 0) is 12.4 Å². The van der Waals surface area contributed by atoms with Gasteiger partial charge in [-0.2, -0.15) is 5.26 Å². The van der Waals surface area contributed by atoms with Gasteiger partial charge in [-0.25, -0.2) is 4.98 Å². The van der Waals surface area contributed by atoms with E-state index in [1.165, 1.54) is 0 Å². The number of para-hydroxylation sites is 1. The second kappa shape index (κ2) is 5.23. The van der Waals surface area contributed by atoms with Gasteiger partial charge in [0.05, 0.1) is 29.2 Å². The van der Waals surface area contributed by atoms with Crippen molar-refractivity contribution in [2.45, 2.75) is 26.3 Å². The summed E-state index contributed by atoms with van der Waals surface area (Å²) in [6.07, 6.45) is 0. The minimum Gasteiger partial charge on any atom is -0.361 e. The number of fused-ring (bicyclic) bond motifs is 1. The highest BCUT2D eigenvalue weighted by Gasteiger charge is 2.16. The molecule has 106 valence electrons. The summed E-state index contributed by atoms with van der Waals surface area (Å²) < 4.78 is 7.22. The molecule has 0 fully saturated rings. The fourth-order valence-corrected chi connectivity index (χ4v) is 2.65. The van der Waals surface area contributed by atoms with Crippen LogP contribution in [0.25, 0.3) is 11.0 Å². The maximum absolute atomic E-state index is 9.20. The average molecular weight is 301 g/mol. The molecule has 0 spiro atoms. The van der Waals surface area contributed by atoms with Crippen molar-refractivity contribution in [2.24, 2.45) is 0 Å². The Labute approximate surface area is 126 Å². The Morgan fingerprint density at radius 3 is 2.81 bits per heavy atom. The molecule has 0 aliphatic heterocycles. The second-order valence-electron chi connectivity index (χ2n) is 4.84. The van der Waals surface area contributed by atoms with Gasteiger partial charge in [-0.1, -0.05) is 11.2 Å². The Hall–Kier alpha value is -2.32. The molecule has 21 heavy (non-hydrogen) atoms. The number of aryl methyl sites for hydroxylation is 2. The highest BCUT2D eigenvalue weighted by molar-refractivity contribution is 6.16. The molecule has 0 amide bonds. The van der Waals surface area contributed by atoms with Crippen molar-refractivity contribution >= 4 is 22.6 Å². The molecule has 3 aromatic rings. The molecule has 0 N–H and O–H groups in total. The molecule has 3 rings (SSSR count).